The lowest BCUT2D eigenvalue weighted by Gasteiger charge is -2.24. The summed E-state index contributed by atoms with van der Waals surface area (Å²) in [5.74, 6) is -2.60. The van der Waals surface area contributed by atoms with Gasteiger partial charge in [-0.3, -0.25) is 0 Å². The van der Waals surface area contributed by atoms with Crippen molar-refractivity contribution in [1.82, 2.24) is 4.90 Å². The Balaban J connectivity index is 1.94. The average molecular weight is 523 g/mol. The number of aliphatic carboxylic acids is 1. The standard InChI is InChI=1S/C27H36F2N2O6/c1-4-36-24(25(32)33)18-20-10-12-22(13-11-20)37-17-16-31(15-6-5-14-27(2,28)29)26(34)30-21-8-7-9-23(19-21)35-3/h7-13,19,24H,4-6,14-18H2,1-3H3,(H,30,34)(H,32,33). The first-order chi connectivity index (χ1) is 17.6. The molecule has 10 heteroatoms. The number of carbonyl (C=O) groups excluding carboxylic acids is 1. The third-order valence-electron chi connectivity index (χ3n) is 5.52. The Morgan fingerprint density at radius 3 is 2.43 bits per heavy atom. The van der Waals surface area contributed by atoms with Gasteiger partial charge in [0.05, 0.1) is 13.7 Å². The number of nitrogens with one attached hydrogen (secondary N) is 1. The van der Waals surface area contributed by atoms with Crippen molar-refractivity contribution in [2.45, 2.75) is 51.6 Å². The number of hydrogen-bond acceptors (Lipinski definition) is 5. The Kier molecular flexibility index (Phi) is 12.1. The van der Waals surface area contributed by atoms with E-state index in [0.717, 1.165) is 12.5 Å². The van der Waals surface area contributed by atoms with Crippen molar-refractivity contribution < 1.29 is 37.7 Å². The van der Waals surface area contributed by atoms with Crippen molar-refractivity contribution in [2.24, 2.45) is 0 Å². The van der Waals surface area contributed by atoms with E-state index in [9.17, 15) is 23.5 Å². The van der Waals surface area contributed by atoms with Crippen molar-refractivity contribution in [3.63, 3.8) is 0 Å². The molecule has 0 bridgehead atoms. The van der Waals surface area contributed by atoms with Gasteiger partial charge in [0.2, 0.25) is 5.92 Å². The minimum atomic E-state index is -2.74. The normalized spacial score (nSPS) is 12.0. The Hall–Kier alpha value is -3.40. The third kappa shape index (κ3) is 11.5. The first-order valence-corrected chi connectivity index (χ1v) is 12.2. The molecule has 1 atom stereocenters. The van der Waals surface area contributed by atoms with E-state index in [2.05, 4.69) is 5.32 Å². The molecule has 8 nitrogen and oxygen atoms in total. The summed E-state index contributed by atoms with van der Waals surface area (Å²) in [5, 5.41) is 12.1. The van der Waals surface area contributed by atoms with Crippen molar-refractivity contribution in [3.05, 3.63) is 54.1 Å². The molecular weight excluding hydrogens is 486 g/mol. The van der Waals surface area contributed by atoms with Crippen LogP contribution in [-0.2, 0) is 16.0 Å². The number of methoxy groups -OCH3 is 1. The summed E-state index contributed by atoms with van der Waals surface area (Å²) in [5.41, 5.74) is 1.35. The number of urea groups is 1. The zero-order chi connectivity index (χ0) is 27.3. The van der Waals surface area contributed by atoms with Gasteiger partial charge in [0.25, 0.3) is 0 Å². The van der Waals surface area contributed by atoms with E-state index in [1.54, 1.807) is 55.5 Å². The summed E-state index contributed by atoms with van der Waals surface area (Å²) >= 11 is 0. The van der Waals surface area contributed by atoms with Crippen molar-refractivity contribution in [2.75, 3.05) is 38.7 Å². The van der Waals surface area contributed by atoms with Crippen LogP contribution < -0.4 is 14.8 Å². The number of benzene rings is 2. The second-order valence-corrected chi connectivity index (χ2v) is 8.66. The number of rotatable bonds is 16. The molecular formula is C27H36F2N2O6. The molecule has 0 fully saturated rings. The van der Waals surface area contributed by atoms with Crippen LogP contribution in [0.5, 0.6) is 11.5 Å². The monoisotopic (exact) mass is 522 g/mol. The van der Waals surface area contributed by atoms with Gasteiger partial charge in [-0.2, -0.15) is 0 Å². The Labute approximate surface area is 216 Å². The van der Waals surface area contributed by atoms with Gasteiger partial charge in [-0.25, -0.2) is 18.4 Å². The number of ether oxygens (including phenoxy) is 3. The van der Waals surface area contributed by atoms with E-state index in [1.807, 2.05) is 0 Å². The molecule has 0 aliphatic heterocycles. The van der Waals surface area contributed by atoms with Crippen LogP contribution in [0, 0.1) is 0 Å². The van der Waals surface area contributed by atoms with Crippen LogP contribution in [0.2, 0.25) is 0 Å². The molecule has 0 aromatic heterocycles. The van der Waals surface area contributed by atoms with Crippen LogP contribution >= 0.6 is 0 Å². The molecule has 2 aromatic rings. The van der Waals surface area contributed by atoms with E-state index >= 15 is 0 Å². The van der Waals surface area contributed by atoms with E-state index in [0.29, 0.717) is 36.8 Å². The van der Waals surface area contributed by atoms with Gasteiger partial charge in [0.1, 0.15) is 18.1 Å². The molecule has 0 saturated carbocycles. The maximum Gasteiger partial charge on any atom is 0.333 e. The maximum absolute atomic E-state index is 13.2. The van der Waals surface area contributed by atoms with Crippen LogP contribution in [-0.4, -0.2) is 67.4 Å². The number of hydrogen-bond donors (Lipinski definition) is 2. The molecule has 204 valence electrons. The van der Waals surface area contributed by atoms with E-state index < -0.39 is 18.0 Å². The maximum atomic E-state index is 13.2. The molecule has 2 rings (SSSR count). The highest BCUT2D eigenvalue weighted by Crippen LogP contribution is 2.21. The van der Waals surface area contributed by atoms with E-state index in [1.165, 1.54) is 12.0 Å². The first-order valence-electron chi connectivity index (χ1n) is 12.2. The topological polar surface area (TPSA) is 97.3 Å². The molecule has 2 aromatic carbocycles. The molecule has 0 aliphatic carbocycles. The van der Waals surface area contributed by atoms with E-state index in [4.69, 9.17) is 14.2 Å². The number of carbonyl (C=O) groups is 2. The fourth-order valence-corrected chi connectivity index (χ4v) is 3.58. The highest BCUT2D eigenvalue weighted by molar-refractivity contribution is 5.89. The van der Waals surface area contributed by atoms with E-state index in [-0.39, 0.29) is 38.4 Å². The third-order valence-corrected chi connectivity index (χ3v) is 5.52. The molecule has 0 heterocycles. The largest absolute Gasteiger partial charge is 0.497 e. The Bertz CT molecular complexity index is 982. The minimum Gasteiger partial charge on any atom is -0.497 e. The van der Waals surface area contributed by atoms with Crippen molar-refractivity contribution >= 4 is 17.7 Å². The molecule has 0 radical (unpaired) electrons. The molecule has 0 aliphatic rings. The predicted molar refractivity (Wildman–Crippen MR) is 137 cm³/mol. The second-order valence-electron chi connectivity index (χ2n) is 8.66. The zero-order valence-corrected chi connectivity index (χ0v) is 21.5. The number of carboxylic acid groups (broad SMARTS) is 1. The Morgan fingerprint density at radius 1 is 1.08 bits per heavy atom. The van der Waals surface area contributed by atoms with Crippen LogP contribution in [0.4, 0.5) is 19.3 Å². The van der Waals surface area contributed by atoms with Crippen LogP contribution in [0.25, 0.3) is 0 Å². The van der Waals surface area contributed by atoms with Crippen molar-refractivity contribution in [3.8, 4) is 11.5 Å². The average Bonchev–Trinajstić information content (AvgIpc) is 2.85. The highest BCUT2D eigenvalue weighted by atomic mass is 19.3. The van der Waals surface area contributed by atoms with Gasteiger partial charge >= 0.3 is 12.0 Å². The van der Waals surface area contributed by atoms with Crippen LogP contribution in [0.1, 0.15) is 38.7 Å². The van der Waals surface area contributed by atoms with Gasteiger partial charge in [0.15, 0.2) is 6.10 Å². The summed E-state index contributed by atoms with van der Waals surface area (Å²) < 4.78 is 42.5. The first kappa shape index (κ1) is 29.8. The summed E-state index contributed by atoms with van der Waals surface area (Å²) in [6.45, 7) is 3.66. The lowest BCUT2D eigenvalue weighted by atomic mass is 10.1. The predicted octanol–water partition coefficient (Wildman–Crippen LogP) is 5.47. The number of unbranched alkanes of at least 4 members (excludes halogenated alkanes) is 1. The summed E-state index contributed by atoms with van der Waals surface area (Å²) in [6.07, 6.45) is -0.214. The van der Waals surface area contributed by atoms with Crippen LogP contribution in [0.15, 0.2) is 48.5 Å². The SMILES string of the molecule is CCOC(Cc1ccc(OCCN(CCCCC(C)(F)F)C(=O)Nc2cccc(OC)c2)cc1)C(=O)O. The minimum absolute atomic E-state index is 0.186. The summed E-state index contributed by atoms with van der Waals surface area (Å²) in [4.78, 5) is 25.7. The number of alkyl halides is 2. The smallest absolute Gasteiger partial charge is 0.333 e. The lowest BCUT2D eigenvalue weighted by molar-refractivity contribution is -0.149. The second kappa shape index (κ2) is 15.0. The van der Waals surface area contributed by atoms with Gasteiger partial charge < -0.3 is 29.5 Å². The van der Waals surface area contributed by atoms with Gasteiger partial charge in [-0.1, -0.05) is 18.2 Å². The van der Waals surface area contributed by atoms with Gasteiger partial charge in [-0.15, -0.1) is 0 Å². The Morgan fingerprint density at radius 2 is 1.81 bits per heavy atom. The lowest BCUT2D eigenvalue weighted by Crippen LogP contribution is -2.38. The highest BCUT2D eigenvalue weighted by Gasteiger charge is 2.21. The summed E-state index contributed by atoms with van der Waals surface area (Å²) in [7, 11) is 1.53. The molecule has 0 spiro atoms. The van der Waals surface area contributed by atoms with Gasteiger partial charge in [0, 0.05) is 37.7 Å². The number of anilines is 1. The zero-order valence-electron chi connectivity index (χ0n) is 21.5. The quantitative estimate of drug-likeness (QED) is 0.284. The fraction of sp³-hybridized carbons (Fsp3) is 0.481. The molecule has 2 amide bonds. The van der Waals surface area contributed by atoms with Crippen LogP contribution in [0.3, 0.4) is 0 Å². The molecule has 37 heavy (non-hydrogen) atoms. The molecule has 0 saturated heterocycles. The number of nitrogens with zero attached hydrogens (tertiary/aromatic N) is 1. The molecule has 1 unspecified atom stereocenters. The van der Waals surface area contributed by atoms with Crippen molar-refractivity contribution in [1.29, 1.82) is 0 Å². The fourth-order valence-electron chi connectivity index (χ4n) is 3.58. The van der Waals surface area contributed by atoms with Gasteiger partial charge in [-0.05, 0) is 56.5 Å². The number of carboxylic acids is 1. The number of amides is 2. The summed E-state index contributed by atoms with van der Waals surface area (Å²) in [6, 6.07) is 13.5. The molecule has 2 N–H and O–H groups in total. The number of halogens is 2.